The highest BCUT2D eigenvalue weighted by molar-refractivity contribution is 7.17. The highest BCUT2D eigenvalue weighted by Crippen LogP contribution is 2.27. The second kappa shape index (κ2) is 6.55. The molecule has 1 heterocycles. The molecule has 98 valence electrons. The minimum atomic E-state index is 0.562. The minimum absolute atomic E-state index is 0.562. The standard InChI is InChI=1S/C15H20ClNS/c1-12(2)17(9-5-8-16)10-13-11-18-15-7-4-3-6-14(13)15/h3-4,6-7,11-12H,5,8-10H2,1-2H3. The van der Waals surface area contributed by atoms with Gasteiger partial charge in [-0.2, -0.15) is 0 Å². The number of nitrogens with zero attached hydrogens (tertiary/aromatic N) is 1. The Morgan fingerprint density at radius 1 is 1.28 bits per heavy atom. The maximum Gasteiger partial charge on any atom is 0.0346 e. The molecule has 0 atom stereocenters. The lowest BCUT2D eigenvalue weighted by Crippen LogP contribution is -2.31. The molecule has 1 aromatic heterocycles. The van der Waals surface area contributed by atoms with Crippen LogP contribution in [0.15, 0.2) is 29.6 Å². The van der Waals surface area contributed by atoms with Gasteiger partial charge in [-0.3, -0.25) is 4.90 Å². The summed E-state index contributed by atoms with van der Waals surface area (Å²) in [5.74, 6) is 0.744. The van der Waals surface area contributed by atoms with Crippen LogP contribution in [-0.4, -0.2) is 23.4 Å². The number of benzene rings is 1. The average Bonchev–Trinajstić information content (AvgIpc) is 2.77. The van der Waals surface area contributed by atoms with Crippen molar-refractivity contribution in [3.05, 3.63) is 35.2 Å². The summed E-state index contributed by atoms with van der Waals surface area (Å²) in [4.78, 5) is 2.50. The molecule has 0 amide bonds. The fraction of sp³-hybridized carbons (Fsp3) is 0.467. The maximum atomic E-state index is 5.80. The fourth-order valence-corrected chi connectivity index (χ4v) is 3.23. The Morgan fingerprint density at radius 3 is 2.78 bits per heavy atom. The lowest BCUT2D eigenvalue weighted by atomic mass is 10.1. The van der Waals surface area contributed by atoms with Crippen LogP contribution in [0.2, 0.25) is 0 Å². The van der Waals surface area contributed by atoms with Gasteiger partial charge in [0, 0.05) is 23.2 Å². The van der Waals surface area contributed by atoms with E-state index >= 15 is 0 Å². The largest absolute Gasteiger partial charge is 0.297 e. The van der Waals surface area contributed by atoms with E-state index in [9.17, 15) is 0 Å². The van der Waals surface area contributed by atoms with Gasteiger partial charge in [0.15, 0.2) is 0 Å². The van der Waals surface area contributed by atoms with E-state index in [2.05, 4.69) is 48.4 Å². The molecular weight excluding hydrogens is 262 g/mol. The van der Waals surface area contributed by atoms with E-state index in [-0.39, 0.29) is 0 Å². The van der Waals surface area contributed by atoms with Crippen LogP contribution in [0.3, 0.4) is 0 Å². The van der Waals surface area contributed by atoms with Crippen molar-refractivity contribution in [2.75, 3.05) is 12.4 Å². The van der Waals surface area contributed by atoms with Gasteiger partial charge in [-0.1, -0.05) is 18.2 Å². The van der Waals surface area contributed by atoms with E-state index in [1.165, 1.54) is 15.6 Å². The lowest BCUT2D eigenvalue weighted by Gasteiger charge is -2.26. The van der Waals surface area contributed by atoms with Gasteiger partial charge in [0.05, 0.1) is 0 Å². The summed E-state index contributed by atoms with van der Waals surface area (Å²) in [7, 11) is 0. The number of thiophene rings is 1. The van der Waals surface area contributed by atoms with Gasteiger partial charge in [0.2, 0.25) is 0 Å². The molecule has 0 aliphatic rings. The van der Waals surface area contributed by atoms with Crippen LogP contribution in [0.25, 0.3) is 10.1 Å². The average molecular weight is 282 g/mol. The van der Waals surface area contributed by atoms with E-state index in [0.717, 1.165) is 25.4 Å². The fourth-order valence-electron chi connectivity index (χ4n) is 2.16. The Bertz CT molecular complexity index is 492. The predicted octanol–water partition coefficient (Wildman–Crippen LogP) is 4.74. The molecule has 0 saturated heterocycles. The number of fused-ring (bicyclic) bond motifs is 1. The molecular formula is C15H20ClNS. The topological polar surface area (TPSA) is 3.24 Å². The molecule has 1 nitrogen and oxygen atoms in total. The molecule has 0 N–H and O–H groups in total. The second-order valence-electron chi connectivity index (χ2n) is 4.86. The maximum absolute atomic E-state index is 5.80. The van der Waals surface area contributed by atoms with Crippen LogP contribution in [0, 0.1) is 0 Å². The summed E-state index contributed by atoms with van der Waals surface area (Å²) in [6.07, 6.45) is 1.06. The third-order valence-corrected chi connectivity index (χ3v) is 4.52. The molecule has 1 aromatic carbocycles. The molecule has 0 aliphatic carbocycles. The van der Waals surface area contributed by atoms with Crippen LogP contribution in [0.5, 0.6) is 0 Å². The van der Waals surface area contributed by atoms with E-state index in [0.29, 0.717) is 6.04 Å². The van der Waals surface area contributed by atoms with Gasteiger partial charge in [-0.15, -0.1) is 22.9 Å². The Balaban J connectivity index is 2.15. The summed E-state index contributed by atoms with van der Waals surface area (Å²) >= 11 is 7.64. The number of alkyl halides is 1. The number of hydrogen-bond acceptors (Lipinski definition) is 2. The summed E-state index contributed by atoms with van der Waals surface area (Å²) in [5.41, 5.74) is 1.44. The molecule has 3 heteroatoms. The van der Waals surface area contributed by atoms with Crippen molar-refractivity contribution in [3.8, 4) is 0 Å². The molecule has 2 rings (SSSR count). The van der Waals surface area contributed by atoms with Crippen molar-refractivity contribution >= 4 is 33.0 Å². The Labute approximate surface area is 118 Å². The van der Waals surface area contributed by atoms with Crippen molar-refractivity contribution in [1.82, 2.24) is 4.90 Å². The molecule has 2 aromatic rings. The smallest absolute Gasteiger partial charge is 0.0346 e. The van der Waals surface area contributed by atoms with Crippen LogP contribution in [0.4, 0.5) is 0 Å². The zero-order valence-electron chi connectivity index (χ0n) is 11.0. The normalized spacial score (nSPS) is 11.8. The third kappa shape index (κ3) is 3.25. The first-order chi connectivity index (χ1) is 8.72. The quantitative estimate of drug-likeness (QED) is 0.691. The molecule has 0 unspecified atom stereocenters. The summed E-state index contributed by atoms with van der Waals surface area (Å²) in [5, 5.41) is 3.69. The van der Waals surface area contributed by atoms with E-state index < -0.39 is 0 Å². The van der Waals surface area contributed by atoms with E-state index in [4.69, 9.17) is 11.6 Å². The van der Waals surface area contributed by atoms with Gasteiger partial charge >= 0.3 is 0 Å². The van der Waals surface area contributed by atoms with Crippen LogP contribution >= 0.6 is 22.9 Å². The predicted molar refractivity (Wildman–Crippen MR) is 82.7 cm³/mol. The Kier molecular flexibility index (Phi) is 5.04. The summed E-state index contributed by atoms with van der Waals surface area (Å²) in [6.45, 7) is 6.61. The monoisotopic (exact) mass is 281 g/mol. The van der Waals surface area contributed by atoms with Gasteiger partial charge in [-0.05, 0) is 49.2 Å². The van der Waals surface area contributed by atoms with Crippen molar-refractivity contribution in [2.45, 2.75) is 32.9 Å². The molecule has 0 spiro atoms. The Morgan fingerprint density at radius 2 is 2.06 bits per heavy atom. The zero-order chi connectivity index (χ0) is 13.0. The number of rotatable bonds is 6. The third-order valence-electron chi connectivity index (χ3n) is 3.24. The van der Waals surface area contributed by atoms with Gasteiger partial charge in [-0.25, -0.2) is 0 Å². The lowest BCUT2D eigenvalue weighted by molar-refractivity contribution is 0.215. The first-order valence-electron chi connectivity index (χ1n) is 6.47. The highest BCUT2D eigenvalue weighted by Gasteiger charge is 2.12. The minimum Gasteiger partial charge on any atom is -0.297 e. The second-order valence-corrected chi connectivity index (χ2v) is 6.15. The molecule has 0 fully saturated rings. The van der Waals surface area contributed by atoms with Crippen LogP contribution < -0.4 is 0 Å². The SMILES string of the molecule is CC(C)N(CCCCl)Cc1csc2ccccc12. The zero-order valence-corrected chi connectivity index (χ0v) is 12.6. The summed E-state index contributed by atoms with van der Waals surface area (Å²) in [6, 6.07) is 9.21. The molecule has 0 aliphatic heterocycles. The molecule has 0 bridgehead atoms. The number of hydrogen-bond donors (Lipinski definition) is 0. The van der Waals surface area contributed by atoms with Crippen molar-refractivity contribution in [3.63, 3.8) is 0 Å². The van der Waals surface area contributed by atoms with Crippen molar-refractivity contribution < 1.29 is 0 Å². The summed E-state index contributed by atoms with van der Waals surface area (Å²) < 4.78 is 1.38. The van der Waals surface area contributed by atoms with Crippen molar-refractivity contribution in [2.24, 2.45) is 0 Å². The van der Waals surface area contributed by atoms with E-state index in [1.807, 2.05) is 11.3 Å². The van der Waals surface area contributed by atoms with Gasteiger partial charge < -0.3 is 0 Å². The van der Waals surface area contributed by atoms with Gasteiger partial charge in [0.25, 0.3) is 0 Å². The molecule has 0 saturated carbocycles. The van der Waals surface area contributed by atoms with E-state index in [1.54, 1.807) is 0 Å². The Hall–Kier alpha value is -0.570. The van der Waals surface area contributed by atoms with Crippen LogP contribution in [-0.2, 0) is 6.54 Å². The first kappa shape index (κ1) is 13.9. The van der Waals surface area contributed by atoms with Crippen LogP contribution in [0.1, 0.15) is 25.8 Å². The molecule has 18 heavy (non-hydrogen) atoms. The van der Waals surface area contributed by atoms with Gasteiger partial charge in [0.1, 0.15) is 0 Å². The van der Waals surface area contributed by atoms with Crippen molar-refractivity contribution in [1.29, 1.82) is 0 Å². The highest BCUT2D eigenvalue weighted by atomic mass is 35.5. The number of halogens is 1. The molecule has 0 radical (unpaired) electrons. The first-order valence-corrected chi connectivity index (χ1v) is 7.89.